The van der Waals surface area contributed by atoms with Crippen molar-refractivity contribution in [3.05, 3.63) is 72.1 Å². The maximum absolute atomic E-state index is 5.04. The van der Waals surface area contributed by atoms with Crippen molar-refractivity contribution in [1.29, 1.82) is 0 Å². The predicted molar refractivity (Wildman–Crippen MR) is 120 cm³/mol. The molecule has 2 rings (SSSR count). The second-order valence-electron chi connectivity index (χ2n) is 5.64. The topological polar surface area (TPSA) is 0 Å². The molecule has 26 heavy (non-hydrogen) atoms. The van der Waals surface area contributed by atoms with Crippen LogP contribution in [0.1, 0.15) is 39.5 Å². The molecule has 0 aliphatic carbocycles. The fraction of sp³-hybridized carbons (Fsp3) is 0.300. The van der Waals surface area contributed by atoms with Gasteiger partial charge in [-0.15, -0.1) is 0 Å². The van der Waals surface area contributed by atoms with Gasteiger partial charge in [0.05, 0.1) is 0 Å². The Bertz CT molecular complexity index is 596. The molecule has 0 aromatic heterocycles. The van der Waals surface area contributed by atoms with Gasteiger partial charge in [-0.3, -0.25) is 0 Å². The van der Waals surface area contributed by atoms with Gasteiger partial charge in [0.1, 0.15) is 0 Å². The number of unbranched alkanes of at least 4 members (excludes halogenated alkanes) is 1. The summed E-state index contributed by atoms with van der Waals surface area (Å²) < 4.78 is 0. The quantitative estimate of drug-likeness (QED) is 0.316. The van der Waals surface area contributed by atoms with E-state index in [9.17, 15) is 0 Å². The zero-order chi connectivity index (χ0) is 19.4. The SMILES string of the molecule is CCC=C(CCCC)P(c1ccccc1)c1ccccc1.[Cl][Zr]([Cl])([Cl])[Cl]. The molecule has 0 amide bonds. The summed E-state index contributed by atoms with van der Waals surface area (Å²) in [6.07, 6.45) is 7.34. The molecule has 0 spiro atoms. The summed E-state index contributed by atoms with van der Waals surface area (Å²) in [7, 11) is 19.8. The second-order valence-corrected chi connectivity index (χ2v) is 30.3. The molecular formula is C20H25Cl4PZr. The van der Waals surface area contributed by atoms with Gasteiger partial charge in [-0.25, -0.2) is 0 Å². The van der Waals surface area contributed by atoms with Crippen LogP contribution in [-0.4, -0.2) is 0 Å². The Morgan fingerprint density at radius 1 is 0.846 bits per heavy atom. The Labute approximate surface area is 178 Å². The van der Waals surface area contributed by atoms with E-state index in [0.29, 0.717) is 0 Å². The third kappa shape index (κ3) is 10.9. The van der Waals surface area contributed by atoms with E-state index in [1.54, 1.807) is 5.31 Å². The van der Waals surface area contributed by atoms with Gasteiger partial charge in [-0.2, -0.15) is 0 Å². The van der Waals surface area contributed by atoms with Crippen molar-refractivity contribution >= 4 is 52.6 Å². The molecule has 0 aliphatic rings. The van der Waals surface area contributed by atoms with Gasteiger partial charge < -0.3 is 0 Å². The number of benzene rings is 2. The first kappa shape index (κ1) is 24.7. The summed E-state index contributed by atoms with van der Waals surface area (Å²) in [4.78, 5) is 0. The van der Waals surface area contributed by atoms with Crippen LogP contribution in [0.15, 0.2) is 72.1 Å². The van der Waals surface area contributed by atoms with Crippen LogP contribution in [0, 0.1) is 0 Å². The summed E-state index contributed by atoms with van der Waals surface area (Å²) in [5.41, 5.74) is 0. The minimum absolute atomic E-state index is 0.371. The predicted octanol–water partition coefficient (Wildman–Crippen LogP) is 8.36. The fourth-order valence-corrected chi connectivity index (χ4v) is 5.18. The standard InChI is InChI=1S/C20H25P.4ClH.Zr/c1-3-5-13-18(12-4-2)21(19-14-8-6-9-15-19)20-16-10-7-11-17-20;;;;;/h6-12,14-17H,3-5,13H2,1-2H3;4*1H;/q;;;;;+4/p-4. The van der Waals surface area contributed by atoms with E-state index < -0.39 is 15.5 Å². The number of halogens is 4. The van der Waals surface area contributed by atoms with Crippen LogP contribution in [-0.2, 0) is 15.5 Å². The molecule has 0 saturated heterocycles. The Kier molecular flexibility index (Phi) is 13.1. The molecule has 0 atom stereocenters. The van der Waals surface area contributed by atoms with Crippen molar-refractivity contribution in [2.45, 2.75) is 39.5 Å². The van der Waals surface area contributed by atoms with Gasteiger partial charge in [0.25, 0.3) is 0 Å². The third-order valence-corrected chi connectivity index (χ3v) is 6.15. The minimum atomic E-state index is -3.29. The summed E-state index contributed by atoms with van der Waals surface area (Å²) in [6, 6.07) is 22.0. The van der Waals surface area contributed by atoms with Crippen molar-refractivity contribution in [3.63, 3.8) is 0 Å². The molecule has 6 heteroatoms. The molecule has 0 radical (unpaired) electrons. The Hall–Kier alpha value is 0.653. The molecule has 0 nitrogen and oxygen atoms in total. The monoisotopic (exact) mass is 526 g/mol. The van der Waals surface area contributed by atoms with Crippen molar-refractivity contribution in [3.8, 4) is 0 Å². The molecule has 0 saturated carbocycles. The molecule has 0 bridgehead atoms. The van der Waals surface area contributed by atoms with E-state index in [-0.39, 0.29) is 7.92 Å². The van der Waals surface area contributed by atoms with Gasteiger partial charge in [0.15, 0.2) is 0 Å². The van der Waals surface area contributed by atoms with Crippen LogP contribution in [0.25, 0.3) is 0 Å². The normalized spacial score (nSPS) is 11.9. The average molecular weight is 529 g/mol. The molecule has 0 fully saturated rings. The zero-order valence-corrected chi connectivity index (χ0v) is 21.5. The number of rotatable bonds is 7. The Balaban J connectivity index is 0.000000597. The van der Waals surface area contributed by atoms with E-state index in [1.807, 2.05) is 0 Å². The summed E-state index contributed by atoms with van der Waals surface area (Å²) in [6.45, 7) is 4.52. The van der Waals surface area contributed by atoms with Crippen molar-refractivity contribution < 1.29 is 15.5 Å². The van der Waals surface area contributed by atoms with Crippen LogP contribution >= 0.6 is 42.0 Å². The van der Waals surface area contributed by atoms with Crippen LogP contribution in [0.5, 0.6) is 0 Å². The molecular weight excluding hydrogens is 504 g/mol. The van der Waals surface area contributed by atoms with E-state index >= 15 is 0 Å². The first-order valence-electron chi connectivity index (χ1n) is 8.71. The first-order valence-corrected chi connectivity index (χ1v) is 22.7. The second kappa shape index (κ2) is 13.8. The van der Waals surface area contributed by atoms with Gasteiger partial charge >= 0.3 is 49.5 Å². The average Bonchev–Trinajstić information content (AvgIpc) is 2.60. The van der Waals surface area contributed by atoms with Crippen molar-refractivity contribution in [1.82, 2.24) is 0 Å². The molecule has 0 N–H and O–H groups in total. The molecule has 0 aliphatic heterocycles. The molecule has 2 aromatic rings. The van der Waals surface area contributed by atoms with E-state index in [0.717, 1.165) is 6.42 Å². The Morgan fingerprint density at radius 3 is 1.62 bits per heavy atom. The van der Waals surface area contributed by atoms with Crippen LogP contribution < -0.4 is 10.6 Å². The summed E-state index contributed by atoms with van der Waals surface area (Å²) in [5.74, 6) is 0. The molecule has 0 heterocycles. The van der Waals surface area contributed by atoms with E-state index in [4.69, 9.17) is 34.1 Å². The Morgan fingerprint density at radius 2 is 1.27 bits per heavy atom. The molecule has 142 valence electrons. The van der Waals surface area contributed by atoms with Crippen LogP contribution in [0.4, 0.5) is 0 Å². The molecule has 2 aromatic carbocycles. The van der Waals surface area contributed by atoms with Crippen LogP contribution in [0.3, 0.4) is 0 Å². The summed E-state index contributed by atoms with van der Waals surface area (Å²) in [5, 5.41) is 4.57. The van der Waals surface area contributed by atoms with Crippen LogP contribution in [0.2, 0.25) is 0 Å². The van der Waals surface area contributed by atoms with Gasteiger partial charge in [-0.05, 0) is 43.1 Å². The fourth-order valence-electron chi connectivity index (χ4n) is 2.53. The summed E-state index contributed by atoms with van der Waals surface area (Å²) >= 11 is -3.29. The van der Waals surface area contributed by atoms with Gasteiger partial charge in [0.2, 0.25) is 0 Å². The third-order valence-electron chi connectivity index (χ3n) is 3.54. The van der Waals surface area contributed by atoms with Gasteiger partial charge in [0, 0.05) is 0 Å². The zero-order valence-electron chi connectivity index (χ0n) is 15.1. The first-order chi connectivity index (χ1) is 12.4. The number of allylic oxidation sites excluding steroid dienone is 2. The number of hydrogen-bond donors (Lipinski definition) is 0. The van der Waals surface area contributed by atoms with E-state index in [2.05, 4.69) is 80.6 Å². The van der Waals surface area contributed by atoms with Crippen molar-refractivity contribution in [2.24, 2.45) is 0 Å². The van der Waals surface area contributed by atoms with E-state index in [1.165, 1.54) is 29.9 Å². The maximum atomic E-state index is 5.04. The van der Waals surface area contributed by atoms with Crippen molar-refractivity contribution in [2.75, 3.05) is 0 Å². The number of hydrogen-bond acceptors (Lipinski definition) is 0. The molecule has 0 unspecified atom stereocenters. The van der Waals surface area contributed by atoms with Gasteiger partial charge in [-0.1, -0.05) is 87.0 Å².